The van der Waals surface area contributed by atoms with E-state index in [1.54, 1.807) is 61.7 Å². The van der Waals surface area contributed by atoms with Crippen LogP contribution in [0.25, 0.3) is 0 Å². The number of carbonyl (C=O) groups is 2. The molecule has 0 fully saturated rings. The molecule has 2 amide bonds. The molecule has 0 aliphatic carbocycles. The number of carbonyl (C=O) groups excluding carboxylic acids is 2. The predicted octanol–water partition coefficient (Wildman–Crippen LogP) is 3.80. The minimum atomic E-state index is -0.359. The minimum absolute atomic E-state index is 0.213. The largest absolute Gasteiger partial charge is 0.493 e. The molecular formula is C20H18N2O5. The van der Waals surface area contributed by atoms with Crippen LogP contribution in [-0.4, -0.2) is 26.0 Å². The molecule has 0 aliphatic heterocycles. The lowest BCUT2D eigenvalue weighted by molar-refractivity contribution is 0.0995. The Labute approximate surface area is 155 Å². The lowest BCUT2D eigenvalue weighted by Gasteiger charge is -2.11. The van der Waals surface area contributed by atoms with Gasteiger partial charge in [0, 0.05) is 23.0 Å². The van der Waals surface area contributed by atoms with Gasteiger partial charge in [0.2, 0.25) is 0 Å². The van der Waals surface area contributed by atoms with Crippen LogP contribution in [0.5, 0.6) is 11.5 Å². The van der Waals surface area contributed by atoms with E-state index in [2.05, 4.69) is 10.6 Å². The fraction of sp³-hybridized carbons (Fsp3) is 0.100. The van der Waals surface area contributed by atoms with Crippen molar-refractivity contribution in [2.75, 3.05) is 24.9 Å². The van der Waals surface area contributed by atoms with Crippen LogP contribution in [0.3, 0.4) is 0 Å². The lowest BCUT2D eigenvalue weighted by atomic mass is 10.2. The van der Waals surface area contributed by atoms with E-state index in [9.17, 15) is 9.59 Å². The smallest absolute Gasteiger partial charge is 0.291 e. The molecule has 1 aromatic heterocycles. The van der Waals surface area contributed by atoms with Gasteiger partial charge in [-0.15, -0.1) is 0 Å². The molecule has 2 aromatic carbocycles. The summed E-state index contributed by atoms with van der Waals surface area (Å²) in [6, 6.07) is 14.8. The number of amides is 2. The van der Waals surface area contributed by atoms with Gasteiger partial charge in [-0.2, -0.15) is 0 Å². The second-order valence-corrected chi connectivity index (χ2v) is 5.53. The zero-order valence-corrected chi connectivity index (χ0v) is 14.8. The molecule has 1 heterocycles. The van der Waals surface area contributed by atoms with E-state index in [0.717, 1.165) is 0 Å². The van der Waals surface area contributed by atoms with Crippen molar-refractivity contribution >= 4 is 23.2 Å². The molecule has 0 unspecified atom stereocenters. The predicted molar refractivity (Wildman–Crippen MR) is 101 cm³/mol. The second-order valence-electron chi connectivity index (χ2n) is 5.53. The van der Waals surface area contributed by atoms with Crippen LogP contribution >= 0.6 is 0 Å². The highest BCUT2D eigenvalue weighted by atomic mass is 16.5. The Morgan fingerprint density at radius 1 is 0.815 bits per heavy atom. The van der Waals surface area contributed by atoms with E-state index >= 15 is 0 Å². The molecule has 0 saturated carbocycles. The molecule has 7 nitrogen and oxygen atoms in total. The summed E-state index contributed by atoms with van der Waals surface area (Å²) >= 11 is 0. The molecule has 0 spiro atoms. The molecule has 0 radical (unpaired) electrons. The number of anilines is 2. The molecule has 0 saturated heterocycles. The first-order chi connectivity index (χ1) is 13.1. The third-order valence-corrected chi connectivity index (χ3v) is 3.79. The monoisotopic (exact) mass is 366 g/mol. The number of nitrogens with one attached hydrogen (secondary N) is 2. The number of furan rings is 1. The van der Waals surface area contributed by atoms with Gasteiger partial charge in [0.1, 0.15) is 0 Å². The lowest BCUT2D eigenvalue weighted by Crippen LogP contribution is -2.13. The number of ether oxygens (including phenoxy) is 2. The Morgan fingerprint density at radius 2 is 1.48 bits per heavy atom. The van der Waals surface area contributed by atoms with Crippen LogP contribution in [0, 0.1) is 0 Å². The van der Waals surface area contributed by atoms with Crippen molar-refractivity contribution < 1.29 is 23.5 Å². The summed E-state index contributed by atoms with van der Waals surface area (Å²) in [4.78, 5) is 24.3. The summed E-state index contributed by atoms with van der Waals surface area (Å²) in [5.41, 5.74) is 1.58. The maximum atomic E-state index is 12.4. The van der Waals surface area contributed by atoms with E-state index in [-0.39, 0.29) is 17.6 Å². The van der Waals surface area contributed by atoms with Crippen molar-refractivity contribution in [3.05, 3.63) is 72.2 Å². The van der Waals surface area contributed by atoms with Gasteiger partial charge in [0.25, 0.3) is 11.8 Å². The number of rotatable bonds is 6. The number of methoxy groups -OCH3 is 2. The van der Waals surface area contributed by atoms with E-state index in [1.165, 1.54) is 13.4 Å². The summed E-state index contributed by atoms with van der Waals surface area (Å²) < 4.78 is 15.4. The van der Waals surface area contributed by atoms with E-state index < -0.39 is 0 Å². The number of benzene rings is 2. The average Bonchev–Trinajstić information content (AvgIpc) is 3.23. The second kappa shape index (κ2) is 8.09. The van der Waals surface area contributed by atoms with Gasteiger partial charge in [-0.05, 0) is 48.5 Å². The molecule has 0 aliphatic rings. The fourth-order valence-corrected chi connectivity index (χ4v) is 2.42. The van der Waals surface area contributed by atoms with Gasteiger partial charge in [0.15, 0.2) is 17.3 Å². The van der Waals surface area contributed by atoms with Crippen LogP contribution in [0.1, 0.15) is 20.9 Å². The summed E-state index contributed by atoms with van der Waals surface area (Å²) in [5, 5.41) is 5.48. The summed E-state index contributed by atoms with van der Waals surface area (Å²) in [6.07, 6.45) is 1.43. The van der Waals surface area contributed by atoms with Crippen molar-refractivity contribution in [1.82, 2.24) is 0 Å². The highest BCUT2D eigenvalue weighted by molar-refractivity contribution is 6.05. The molecule has 0 atom stereocenters. The Bertz CT molecular complexity index is 934. The van der Waals surface area contributed by atoms with Crippen LogP contribution in [0.15, 0.2) is 65.3 Å². The zero-order valence-electron chi connectivity index (χ0n) is 14.8. The van der Waals surface area contributed by atoms with Crippen LogP contribution < -0.4 is 20.1 Å². The molecule has 7 heteroatoms. The summed E-state index contributed by atoms with van der Waals surface area (Å²) in [7, 11) is 3.07. The number of hydrogen-bond acceptors (Lipinski definition) is 5. The van der Waals surface area contributed by atoms with Crippen molar-refractivity contribution in [2.24, 2.45) is 0 Å². The van der Waals surface area contributed by atoms with Gasteiger partial charge in [-0.3, -0.25) is 9.59 Å². The van der Waals surface area contributed by atoms with E-state index in [4.69, 9.17) is 13.9 Å². The molecule has 0 bridgehead atoms. The Kier molecular flexibility index (Phi) is 5.41. The molecular weight excluding hydrogens is 348 g/mol. The Hall–Kier alpha value is -3.74. The zero-order chi connectivity index (χ0) is 19.2. The molecule has 2 N–H and O–H groups in total. The van der Waals surface area contributed by atoms with Gasteiger partial charge in [0.05, 0.1) is 20.5 Å². The molecule has 27 heavy (non-hydrogen) atoms. The maximum Gasteiger partial charge on any atom is 0.291 e. The third kappa shape index (κ3) is 4.27. The highest BCUT2D eigenvalue weighted by Gasteiger charge is 2.11. The topological polar surface area (TPSA) is 89.8 Å². The Balaban J connectivity index is 1.66. The standard InChI is InChI=1S/C20H18N2O5/c1-25-16-10-9-15(12-18(16)26-2)22-19(23)13-5-7-14(8-6-13)21-20(24)17-4-3-11-27-17/h3-12H,1-2H3,(H,21,24)(H,22,23). The minimum Gasteiger partial charge on any atom is -0.493 e. The van der Waals surface area contributed by atoms with Crippen molar-refractivity contribution in [3.8, 4) is 11.5 Å². The highest BCUT2D eigenvalue weighted by Crippen LogP contribution is 2.30. The van der Waals surface area contributed by atoms with Crippen molar-refractivity contribution in [1.29, 1.82) is 0 Å². The van der Waals surface area contributed by atoms with Crippen LogP contribution in [-0.2, 0) is 0 Å². The molecule has 3 rings (SSSR count). The van der Waals surface area contributed by atoms with Crippen LogP contribution in [0.2, 0.25) is 0 Å². The van der Waals surface area contributed by atoms with Gasteiger partial charge < -0.3 is 24.5 Å². The van der Waals surface area contributed by atoms with E-state index in [0.29, 0.717) is 28.4 Å². The molecule has 138 valence electrons. The summed E-state index contributed by atoms with van der Waals surface area (Å²) in [5.74, 6) is 0.664. The SMILES string of the molecule is COc1ccc(NC(=O)c2ccc(NC(=O)c3ccco3)cc2)cc1OC. The normalized spacial score (nSPS) is 10.1. The first kappa shape index (κ1) is 18.1. The average molecular weight is 366 g/mol. The molecule has 3 aromatic rings. The van der Waals surface area contributed by atoms with Crippen molar-refractivity contribution in [3.63, 3.8) is 0 Å². The summed E-state index contributed by atoms with van der Waals surface area (Å²) in [6.45, 7) is 0. The van der Waals surface area contributed by atoms with E-state index in [1.807, 2.05) is 0 Å². The van der Waals surface area contributed by atoms with Gasteiger partial charge >= 0.3 is 0 Å². The van der Waals surface area contributed by atoms with Gasteiger partial charge in [-0.1, -0.05) is 0 Å². The Morgan fingerprint density at radius 3 is 2.11 bits per heavy atom. The first-order valence-electron chi connectivity index (χ1n) is 8.09. The van der Waals surface area contributed by atoms with Gasteiger partial charge in [-0.25, -0.2) is 0 Å². The van der Waals surface area contributed by atoms with Crippen LogP contribution in [0.4, 0.5) is 11.4 Å². The first-order valence-corrected chi connectivity index (χ1v) is 8.09. The van der Waals surface area contributed by atoms with Crippen molar-refractivity contribution in [2.45, 2.75) is 0 Å². The number of hydrogen-bond donors (Lipinski definition) is 2. The maximum absolute atomic E-state index is 12.4. The quantitative estimate of drug-likeness (QED) is 0.692. The fourth-order valence-electron chi connectivity index (χ4n) is 2.42. The third-order valence-electron chi connectivity index (χ3n) is 3.79.